The minimum Gasteiger partial charge on any atom is -0.497 e. The number of methoxy groups -OCH3 is 1. The first kappa shape index (κ1) is 20.9. The fourth-order valence-corrected chi connectivity index (χ4v) is 6.01. The number of hydrogen-bond donors (Lipinski definition) is 2. The van der Waals surface area contributed by atoms with E-state index in [4.69, 9.17) is 16.3 Å². The molecule has 2 N–H and O–H groups in total. The molecular weight excluding hydrogens is 444 g/mol. The SMILES string of the molecule is COc1cccc(NS(=O)(=O)c2ccc3c(c2)[C@H]2C=CC[C@H]2[C@@H](c2ccccc2Cl)N3)c1. The topological polar surface area (TPSA) is 67.4 Å². The van der Waals surface area contributed by atoms with Crippen molar-refractivity contribution < 1.29 is 13.2 Å². The normalized spacial score (nSPS) is 21.4. The van der Waals surface area contributed by atoms with Gasteiger partial charge in [-0.2, -0.15) is 0 Å². The van der Waals surface area contributed by atoms with E-state index in [1.807, 2.05) is 24.3 Å². The number of anilines is 2. The number of sulfonamides is 1. The number of fused-ring (bicyclic) bond motifs is 3. The molecule has 1 aliphatic heterocycles. The molecule has 0 fully saturated rings. The highest BCUT2D eigenvalue weighted by molar-refractivity contribution is 7.92. The van der Waals surface area contributed by atoms with Gasteiger partial charge in [-0.1, -0.05) is 48.0 Å². The molecule has 0 saturated heterocycles. The van der Waals surface area contributed by atoms with Gasteiger partial charge in [0.05, 0.1) is 23.7 Å². The first-order chi connectivity index (χ1) is 15.5. The first-order valence-electron chi connectivity index (χ1n) is 10.4. The van der Waals surface area contributed by atoms with Crippen LogP contribution >= 0.6 is 11.6 Å². The predicted octanol–water partition coefficient (Wildman–Crippen LogP) is 5.98. The van der Waals surface area contributed by atoms with E-state index < -0.39 is 10.0 Å². The Morgan fingerprint density at radius 3 is 2.69 bits per heavy atom. The fourth-order valence-electron chi connectivity index (χ4n) is 4.68. The second kappa shape index (κ2) is 8.19. The molecule has 0 spiro atoms. The second-order valence-corrected chi connectivity index (χ2v) is 10.2. The largest absolute Gasteiger partial charge is 0.497 e. The van der Waals surface area contributed by atoms with Gasteiger partial charge in [0, 0.05) is 22.7 Å². The highest BCUT2D eigenvalue weighted by Gasteiger charge is 2.39. The third kappa shape index (κ3) is 3.74. The molecule has 1 heterocycles. The summed E-state index contributed by atoms with van der Waals surface area (Å²) in [5.41, 5.74) is 3.44. The smallest absolute Gasteiger partial charge is 0.261 e. The van der Waals surface area contributed by atoms with E-state index >= 15 is 0 Å². The molecule has 3 aromatic carbocycles. The van der Waals surface area contributed by atoms with Crippen molar-refractivity contribution in [3.63, 3.8) is 0 Å². The zero-order valence-electron chi connectivity index (χ0n) is 17.5. The Balaban J connectivity index is 1.49. The molecular formula is C25H23ClN2O3S. The quantitative estimate of drug-likeness (QED) is 0.454. The van der Waals surface area contributed by atoms with E-state index in [-0.39, 0.29) is 22.8 Å². The minimum atomic E-state index is -3.75. The number of nitrogens with one attached hydrogen (secondary N) is 2. The Kier molecular flexibility index (Phi) is 5.35. The van der Waals surface area contributed by atoms with Crippen LogP contribution < -0.4 is 14.8 Å². The summed E-state index contributed by atoms with van der Waals surface area (Å²) >= 11 is 6.50. The maximum atomic E-state index is 13.1. The Hall–Kier alpha value is -2.96. The van der Waals surface area contributed by atoms with E-state index in [0.29, 0.717) is 11.4 Å². The van der Waals surface area contributed by atoms with Crippen molar-refractivity contribution in [2.75, 3.05) is 17.1 Å². The van der Waals surface area contributed by atoms with Gasteiger partial charge >= 0.3 is 0 Å². The van der Waals surface area contributed by atoms with Crippen LogP contribution in [-0.4, -0.2) is 15.5 Å². The molecule has 0 radical (unpaired) electrons. The Morgan fingerprint density at radius 1 is 1.03 bits per heavy atom. The second-order valence-electron chi connectivity index (χ2n) is 8.08. The van der Waals surface area contributed by atoms with E-state index in [1.165, 1.54) is 0 Å². The van der Waals surface area contributed by atoms with Crippen LogP contribution in [0.3, 0.4) is 0 Å². The first-order valence-corrected chi connectivity index (χ1v) is 12.3. The lowest BCUT2D eigenvalue weighted by atomic mass is 9.77. The average molecular weight is 467 g/mol. The molecule has 0 saturated carbocycles. The van der Waals surface area contributed by atoms with Crippen LogP contribution in [0.25, 0.3) is 0 Å². The Bertz CT molecular complexity index is 1310. The van der Waals surface area contributed by atoms with Gasteiger partial charge in [-0.05, 0) is 59.9 Å². The van der Waals surface area contributed by atoms with Gasteiger partial charge in [0.1, 0.15) is 5.75 Å². The summed E-state index contributed by atoms with van der Waals surface area (Å²) in [6.45, 7) is 0. The molecule has 0 aromatic heterocycles. The monoisotopic (exact) mass is 466 g/mol. The van der Waals surface area contributed by atoms with Gasteiger partial charge < -0.3 is 10.1 Å². The van der Waals surface area contributed by atoms with Crippen LogP contribution in [0.4, 0.5) is 11.4 Å². The average Bonchev–Trinajstić information content (AvgIpc) is 3.29. The number of allylic oxidation sites excluding steroid dienone is 2. The van der Waals surface area contributed by atoms with Crippen LogP contribution in [0.15, 0.2) is 83.8 Å². The van der Waals surface area contributed by atoms with E-state index in [0.717, 1.165) is 28.3 Å². The number of halogens is 1. The molecule has 164 valence electrons. The van der Waals surface area contributed by atoms with Gasteiger partial charge in [0.15, 0.2) is 0 Å². The highest BCUT2D eigenvalue weighted by Crippen LogP contribution is 2.51. The van der Waals surface area contributed by atoms with Gasteiger partial charge in [0.25, 0.3) is 10.0 Å². The molecule has 0 unspecified atom stereocenters. The van der Waals surface area contributed by atoms with Crippen LogP contribution in [0.1, 0.15) is 29.5 Å². The van der Waals surface area contributed by atoms with Gasteiger partial charge in [-0.15, -0.1) is 0 Å². The molecule has 2 aliphatic rings. The van der Waals surface area contributed by atoms with Crippen molar-refractivity contribution in [1.82, 2.24) is 0 Å². The Labute approximate surface area is 193 Å². The summed E-state index contributed by atoms with van der Waals surface area (Å²) in [7, 11) is -2.20. The van der Waals surface area contributed by atoms with Gasteiger partial charge in [-0.25, -0.2) is 8.42 Å². The van der Waals surface area contributed by atoms with E-state index in [9.17, 15) is 8.42 Å². The molecule has 5 nitrogen and oxygen atoms in total. The molecule has 3 atom stereocenters. The van der Waals surface area contributed by atoms with Crippen molar-refractivity contribution in [3.8, 4) is 5.75 Å². The molecule has 0 bridgehead atoms. The van der Waals surface area contributed by atoms with Crippen molar-refractivity contribution in [2.45, 2.75) is 23.3 Å². The molecule has 7 heteroatoms. The van der Waals surface area contributed by atoms with Crippen molar-refractivity contribution in [2.24, 2.45) is 5.92 Å². The predicted molar refractivity (Wildman–Crippen MR) is 128 cm³/mol. The Morgan fingerprint density at radius 2 is 1.88 bits per heavy atom. The van der Waals surface area contributed by atoms with E-state index in [2.05, 4.69) is 28.3 Å². The lowest BCUT2D eigenvalue weighted by molar-refractivity contribution is 0.415. The molecule has 0 amide bonds. The van der Waals surface area contributed by atoms with Gasteiger partial charge in [0.2, 0.25) is 0 Å². The van der Waals surface area contributed by atoms with Crippen molar-refractivity contribution in [3.05, 3.63) is 95.0 Å². The molecule has 5 rings (SSSR count). The minimum absolute atomic E-state index is 0.0635. The number of rotatable bonds is 5. The van der Waals surface area contributed by atoms with Crippen LogP contribution in [-0.2, 0) is 10.0 Å². The molecule has 32 heavy (non-hydrogen) atoms. The molecule has 1 aliphatic carbocycles. The van der Waals surface area contributed by atoms with Crippen molar-refractivity contribution >= 4 is 33.0 Å². The molecule has 3 aromatic rings. The summed E-state index contributed by atoms with van der Waals surface area (Å²) < 4.78 is 34.0. The third-order valence-corrected chi connectivity index (χ3v) is 7.93. The van der Waals surface area contributed by atoms with Crippen molar-refractivity contribution in [1.29, 1.82) is 0 Å². The highest BCUT2D eigenvalue weighted by atomic mass is 35.5. The lowest BCUT2D eigenvalue weighted by Crippen LogP contribution is -2.29. The summed E-state index contributed by atoms with van der Waals surface area (Å²) in [5.74, 6) is 0.982. The zero-order valence-corrected chi connectivity index (χ0v) is 19.0. The van der Waals surface area contributed by atoms with Gasteiger partial charge in [-0.3, -0.25) is 4.72 Å². The number of hydrogen-bond acceptors (Lipinski definition) is 4. The van der Waals surface area contributed by atoms with Crippen LogP contribution in [0, 0.1) is 5.92 Å². The zero-order chi connectivity index (χ0) is 22.3. The van der Waals surface area contributed by atoms with Crippen LogP contribution in [0.5, 0.6) is 5.75 Å². The maximum Gasteiger partial charge on any atom is 0.261 e. The summed E-state index contributed by atoms with van der Waals surface area (Å²) in [6, 6.07) is 20.1. The third-order valence-electron chi connectivity index (χ3n) is 6.21. The summed E-state index contributed by atoms with van der Waals surface area (Å²) in [4.78, 5) is 0.233. The number of ether oxygens (including phenoxy) is 1. The standard InChI is InChI=1S/C25H23ClN2O3S/c1-31-17-7-4-6-16(14-17)28-32(29,30)18-12-13-24-22(15-18)19-9-5-10-20(19)25(27-24)21-8-2-3-11-23(21)26/h2-9,11-15,19-20,25,27-28H,10H2,1H3/t19-,20+,25-/m0/s1. The maximum absolute atomic E-state index is 13.1. The fraction of sp³-hybridized carbons (Fsp3) is 0.200. The number of benzene rings is 3. The lowest BCUT2D eigenvalue weighted by Gasteiger charge is -2.38. The van der Waals surface area contributed by atoms with E-state index in [1.54, 1.807) is 43.5 Å². The van der Waals surface area contributed by atoms with Crippen LogP contribution in [0.2, 0.25) is 5.02 Å². The summed E-state index contributed by atoms with van der Waals surface area (Å²) in [6.07, 6.45) is 5.26. The summed E-state index contributed by atoms with van der Waals surface area (Å²) in [5, 5.41) is 4.35.